The summed E-state index contributed by atoms with van der Waals surface area (Å²) in [6.07, 6.45) is 5.56. The number of rotatable bonds is 5. The van der Waals surface area contributed by atoms with E-state index < -0.39 is 6.04 Å². The molecular formula is C22H30N4O3. The molecule has 0 aromatic heterocycles. The van der Waals surface area contributed by atoms with E-state index in [2.05, 4.69) is 28.6 Å². The maximum Gasteiger partial charge on any atom is 0.255 e. The topological polar surface area (TPSA) is 81.8 Å². The molecule has 1 aromatic rings. The van der Waals surface area contributed by atoms with Crippen LogP contribution < -0.4 is 10.6 Å². The molecule has 0 bridgehead atoms. The first-order valence-electron chi connectivity index (χ1n) is 10.6. The summed E-state index contributed by atoms with van der Waals surface area (Å²) in [4.78, 5) is 40.4. The van der Waals surface area contributed by atoms with Crippen molar-refractivity contribution in [2.24, 2.45) is 0 Å². The summed E-state index contributed by atoms with van der Waals surface area (Å²) in [5, 5.41) is 5.76. The maximum absolute atomic E-state index is 12.8. The van der Waals surface area contributed by atoms with Crippen molar-refractivity contribution in [2.45, 2.75) is 69.7 Å². The zero-order valence-corrected chi connectivity index (χ0v) is 17.2. The number of imide groups is 1. The second-order valence-electron chi connectivity index (χ2n) is 8.61. The van der Waals surface area contributed by atoms with E-state index in [0.717, 1.165) is 12.1 Å². The number of carbonyl (C=O) groups is 3. The Morgan fingerprint density at radius 2 is 2.03 bits per heavy atom. The smallest absolute Gasteiger partial charge is 0.255 e. The third-order valence-corrected chi connectivity index (χ3v) is 6.70. The van der Waals surface area contributed by atoms with Gasteiger partial charge in [0.2, 0.25) is 11.8 Å². The Morgan fingerprint density at radius 3 is 2.79 bits per heavy atom. The first kappa shape index (κ1) is 20.0. The summed E-state index contributed by atoms with van der Waals surface area (Å²) in [5.41, 5.74) is 2.84. The van der Waals surface area contributed by atoms with Crippen molar-refractivity contribution in [1.29, 1.82) is 0 Å². The predicted molar refractivity (Wildman–Crippen MR) is 109 cm³/mol. The number of hydrogen-bond acceptors (Lipinski definition) is 5. The largest absolute Gasteiger partial charge is 0.322 e. The van der Waals surface area contributed by atoms with Crippen LogP contribution >= 0.6 is 0 Å². The summed E-state index contributed by atoms with van der Waals surface area (Å²) in [6, 6.07) is 6.63. The second kappa shape index (κ2) is 8.24. The molecule has 1 saturated carbocycles. The van der Waals surface area contributed by atoms with Crippen LogP contribution in [0.5, 0.6) is 0 Å². The van der Waals surface area contributed by atoms with Crippen LogP contribution in [0.3, 0.4) is 0 Å². The van der Waals surface area contributed by atoms with Gasteiger partial charge in [0.05, 0.1) is 0 Å². The van der Waals surface area contributed by atoms with Crippen LogP contribution in [0.2, 0.25) is 0 Å². The van der Waals surface area contributed by atoms with E-state index in [4.69, 9.17) is 0 Å². The molecule has 2 aliphatic heterocycles. The number of amides is 3. The molecule has 2 N–H and O–H groups in total. The van der Waals surface area contributed by atoms with E-state index in [9.17, 15) is 14.4 Å². The summed E-state index contributed by atoms with van der Waals surface area (Å²) in [5.74, 6) is -0.735. The average molecular weight is 399 g/mol. The second-order valence-corrected chi connectivity index (χ2v) is 8.61. The molecule has 7 nitrogen and oxygen atoms in total. The fraction of sp³-hybridized carbons (Fsp3) is 0.591. The Kier molecular flexibility index (Phi) is 5.69. The lowest BCUT2D eigenvalue weighted by Crippen LogP contribution is -2.52. The number of carbonyl (C=O) groups excluding carboxylic acids is 3. The lowest BCUT2D eigenvalue weighted by Gasteiger charge is -2.35. The third-order valence-electron chi connectivity index (χ3n) is 6.70. The van der Waals surface area contributed by atoms with Gasteiger partial charge in [0.25, 0.3) is 5.91 Å². The van der Waals surface area contributed by atoms with E-state index in [1.165, 1.54) is 31.2 Å². The van der Waals surface area contributed by atoms with Crippen LogP contribution in [-0.2, 0) is 22.7 Å². The summed E-state index contributed by atoms with van der Waals surface area (Å²) >= 11 is 0. The first-order chi connectivity index (χ1) is 14.0. The van der Waals surface area contributed by atoms with Gasteiger partial charge in [0.15, 0.2) is 0 Å². The van der Waals surface area contributed by atoms with Gasteiger partial charge in [-0.2, -0.15) is 0 Å². The average Bonchev–Trinajstić information content (AvgIpc) is 3.03. The van der Waals surface area contributed by atoms with Gasteiger partial charge in [-0.3, -0.25) is 24.6 Å². The van der Waals surface area contributed by atoms with Crippen molar-refractivity contribution in [3.8, 4) is 0 Å². The quantitative estimate of drug-likeness (QED) is 0.733. The van der Waals surface area contributed by atoms with E-state index >= 15 is 0 Å². The van der Waals surface area contributed by atoms with Crippen molar-refractivity contribution in [1.82, 2.24) is 20.4 Å². The van der Waals surface area contributed by atoms with Crippen LogP contribution in [0.25, 0.3) is 0 Å². The van der Waals surface area contributed by atoms with Gasteiger partial charge < -0.3 is 10.2 Å². The van der Waals surface area contributed by atoms with Crippen LogP contribution in [0.4, 0.5) is 0 Å². The number of hydrogen-bond donors (Lipinski definition) is 2. The summed E-state index contributed by atoms with van der Waals surface area (Å²) < 4.78 is 0. The maximum atomic E-state index is 12.8. The SMILES string of the molecule is CNC1CCCC(N(C)Cc2ccc3c(c2)CN(C2CCC(=O)NC2=O)C3=O)C1. The molecule has 2 fully saturated rings. The van der Waals surface area contributed by atoms with Gasteiger partial charge in [0.1, 0.15) is 6.04 Å². The molecule has 1 saturated heterocycles. The molecule has 29 heavy (non-hydrogen) atoms. The van der Waals surface area contributed by atoms with Crippen molar-refractivity contribution in [3.63, 3.8) is 0 Å². The molecule has 1 aliphatic carbocycles. The fourth-order valence-electron chi connectivity index (χ4n) is 4.97. The number of fused-ring (bicyclic) bond motifs is 1. The predicted octanol–water partition coefficient (Wildman–Crippen LogP) is 1.41. The third kappa shape index (κ3) is 4.07. The van der Waals surface area contributed by atoms with E-state index in [0.29, 0.717) is 30.6 Å². The highest BCUT2D eigenvalue weighted by Gasteiger charge is 2.39. The summed E-state index contributed by atoms with van der Waals surface area (Å²) in [6.45, 7) is 1.28. The lowest BCUT2D eigenvalue weighted by molar-refractivity contribution is -0.136. The van der Waals surface area contributed by atoms with Crippen molar-refractivity contribution in [3.05, 3.63) is 34.9 Å². The van der Waals surface area contributed by atoms with E-state index in [1.54, 1.807) is 4.90 Å². The lowest BCUT2D eigenvalue weighted by atomic mass is 9.90. The molecule has 1 aromatic carbocycles. The normalized spacial score (nSPS) is 27.3. The zero-order chi connectivity index (χ0) is 20.5. The van der Waals surface area contributed by atoms with Crippen LogP contribution in [0, 0.1) is 0 Å². The molecule has 7 heteroatoms. The van der Waals surface area contributed by atoms with E-state index in [1.807, 2.05) is 19.2 Å². The van der Waals surface area contributed by atoms with Gasteiger partial charge in [-0.15, -0.1) is 0 Å². The Balaban J connectivity index is 1.43. The Morgan fingerprint density at radius 1 is 1.21 bits per heavy atom. The minimum Gasteiger partial charge on any atom is -0.322 e. The molecule has 156 valence electrons. The van der Waals surface area contributed by atoms with E-state index in [-0.39, 0.29) is 24.1 Å². The first-order valence-corrected chi connectivity index (χ1v) is 10.6. The standard InChI is InChI=1S/C22H30N4O3/c1-23-16-4-3-5-17(11-16)25(2)12-14-6-7-18-15(10-14)13-26(22(18)29)19-8-9-20(27)24-21(19)28/h6-7,10,16-17,19,23H,3-5,8-9,11-13H2,1-2H3,(H,24,27,28). The van der Waals surface area contributed by atoms with Crippen molar-refractivity contribution >= 4 is 17.7 Å². The van der Waals surface area contributed by atoms with Crippen molar-refractivity contribution in [2.75, 3.05) is 14.1 Å². The van der Waals surface area contributed by atoms with Crippen molar-refractivity contribution < 1.29 is 14.4 Å². The van der Waals surface area contributed by atoms with Gasteiger partial charge in [0, 0.05) is 37.2 Å². The molecule has 3 amide bonds. The van der Waals surface area contributed by atoms with Gasteiger partial charge in [-0.25, -0.2) is 0 Å². The van der Waals surface area contributed by atoms with Crippen LogP contribution in [-0.4, -0.2) is 59.7 Å². The Labute approximate surface area is 171 Å². The minimum atomic E-state index is -0.556. The number of piperidine rings is 1. The molecule has 3 aliphatic rings. The molecular weight excluding hydrogens is 368 g/mol. The zero-order valence-electron chi connectivity index (χ0n) is 17.2. The highest BCUT2D eigenvalue weighted by molar-refractivity contribution is 6.05. The molecule has 2 heterocycles. The van der Waals surface area contributed by atoms with Gasteiger partial charge in [-0.1, -0.05) is 18.6 Å². The molecule has 0 radical (unpaired) electrons. The fourth-order valence-corrected chi connectivity index (χ4v) is 4.97. The van der Waals surface area contributed by atoms with Gasteiger partial charge >= 0.3 is 0 Å². The highest BCUT2D eigenvalue weighted by Crippen LogP contribution is 2.29. The molecule has 4 rings (SSSR count). The molecule has 0 spiro atoms. The molecule has 3 atom stereocenters. The highest BCUT2D eigenvalue weighted by atomic mass is 16.2. The molecule has 3 unspecified atom stereocenters. The van der Waals surface area contributed by atoms with Crippen LogP contribution in [0.1, 0.15) is 60.0 Å². The number of nitrogens with zero attached hydrogens (tertiary/aromatic N) is 2. The number of benzene rings is 1. The summed E-state index contributed by atoms with van der Waals surface area (Å²) in [7, 11) is 4.22. The van der Waals surface area contributed by atoms with Crippen LogP contribution in [0.15, 0.2) is 18.2 Å². The minimum absolute atomic E-state index is 0.112. The number of nitrogens with one attached hydrogen (secondary N) is 2. The monoisotopic (exact) mass is 398 g/mol. The Bertz CT molecular complexity index is 824. The Hall–Kier alpha value is -2.25. The van der Waals surface area contributed by atoms with Gasteiger partial charge in [-0.05, 0) is 57.0 Å².